The molecule has 0 radical (unpaired) electrons. The van der Waals surface area contributed by atoms with Crippen molar-refractivity contribution in [2.75, 3.05) is 25.5 Å². The monoisotopic (exact) mass is 460 g/mol. The number of hydrogen-bond donors (Lipinski definition) is 1. The van der Waals surface area contributed by atoms with Crippen molar-refractivity contribution in [2.45, 2.75) is 12.5 Å². The van der Waals surface area contributed by atoms with Gasteiger partial charge in [0.05, 0.1) is 29.1 Å². The quantitative estimate of drug-likeness (QED) is 0.694. The zero-order valence-electron chi connectivity index (χ0n) is 17.0. The van der Waals surface area contributed by atoms with Gasteiger partial charge in [-0.3, -0.25) is 14.4 Å². The molecule has 0 aromatic heterocycles. The lowest BCUT2D eigenvalue weighted by molar-refractivity contribution is -0.131. The lowest BCUT2D eigenvalue weighted by Crippen LogP contribution is -2.43. The van der Waals surface area contributed by atoms with Crippen LogP contribution in [0.2, 0.25) is 5.02 Å². The highest BCUT2D eigenvalue weighted by Crippen LogP contribution is 2.25. The van der Waals surface area contributed by atoms with E-state index in [0.717, 1.165) is 17.0 Å². The van der Waals surface area contributed by atoms with Gasteiger partial charge in [-0.15, -0.1) is 0 Å². The number of carbonyl (C=O) groups excluding carboxylic acids is 3. The number of likely N-dealkylation sites (tertiary alicyclic amines) is 1. The third-order valence-corrected chi connectivity index (χ3v) is 5.46. The van der Waals surface area contributed by atoms with Crippen molar-refractivity contribution in [1.82, 2.24) is 9.80 Å². The fourth-order valence-corrected chi connectivity index (χ4v) is 3.60. The van der Waals surface area contributed by atoms with Gasteiger partial charge >= 0.3 is 0 Å². The van der Waals surface area contributed by atoms with Crippen LogP contribution in [0.15, 0.2) is 42.5 Å². The summed E-state index contributed by atoms with van der Waals surface area (Å²) in [5.41, 5.74) is 0.0268. The number of amides is 3. The predicted molar refractivity (Wildman–Crippen MR) is 113 cm³/mol. The first-order valence-electron chi connectivity index (χ1n) is 9.67. The average molecular weight is 461 g/mol. The minimum atomic E-state index is -1.41. The Labute approximate surface area is 188 Å². The third-order valence-electron chi connectivity index (χ3n) is 5.17. The molecule has 1 fully saturated rings. The van der Waals surface area contributed by atoms with Crippen LogP contribution in [0.1, 0.15) is 16.8 Å². The van der Waals surface area contributed by atoms with Crippen LogP contribution in [-0.2, 0) is 9.59 Å². The van der Waals surface area contributed by atoms with Gasteiger partial charge in [-0.1, -0.05) is 29.8 Å². The number of nitrogens with zero attached hydrogens (tertiary/aromatic N) is 3. The number of para-hydroxylation sites is 1. The Morgan fingerprint density at radius 2 is 1.88 bits per heavy atom. The van der Waals surface area contributed by atoms with E-state index in [1.54, 1.807) is 30.3 Å². The van der Waals surface area contributed by atoms with Crippen LogP contribution in [0.5, 0.6) is 0 Å². The second-order valence-corrected chi connectivity index (χ2v) is 7.77. The van der Waals surface area contributed by atoms with Gasteiger partial charge in [-0.25, -0.2) is 8.78 Å². The van der Waals surface area contributed by atoms with Crippen molar-refractivity contribution in [1.29, 1.82) is 5.26 Å². The summed E-state index contributed by atoms with van der Waals surface area (Å²) in [5.74, 6) is -5.19. The Kier molecular flexibility index (Phi) is 7.05. The molecule has 1 heterocycles. The number of halogens is 3. The second kappa shape index (κ2) is 9.75. The maximum Gasteiger partial charge on any atom is 0.257 e. The summed E-state index contributed by atoms with van der Waals surface area (Å²) in [6.07, 6.45) is 0.148. The number of nitrogens with one attached hydrogen (secondary N) is 1. The van der Waals surface area contributed by atoms with Gasteiger partial charge < -0.3 is 15.1 Å². The summed E-state index contributed by atoms with van der Waals surface area (Å²) in [7, 11) is 1.25. The third kappa shape index (κ3) is 4.86. The standard InChI is InChI=1S/C22H19ClF2N4O3/c1-28(22(32)16-7-8-17(23)20(25)19(16)24)12-18(30)29-11-13(9-15(29)10-26)21(31)27-14-5-3-2-4-6-14/h2-8,13,15H,9,11-12H2,1H3,(H,27,31). The van der Waals surface area contributed by atoms with Crippen LogP contribution in [0.4, 0.5) is 14.5 Å². The highest BCUT2D eigenvalue weighted by atomic mass is 35.5. The van der Waals surface area contributed by atoms with Crippen LogP contribution in [-0.4, -0.2) is 53.7 Å². The number of nitriles is 1. The summed E-state index contributed by atoms with van der Waals surface area (Å²) in [5, 5.41) is 11.7. The van der Waals surface area contributed by atoms with Crippen LogP contribution in [0, 0.1) is 28.9 Å². The molecular formula is C22H19ClF2N4O3. The molecular weight excluding hydrogens is 442 g/mol. The van der Waals surface area contributed by atoms with Gasteiger partial charge in [0, 0.05) is 19.3 Å². The normalized spacial score (nSPS) is 17.5. The molecule has 2 aromatic rings. The van der Waals surface area contributed by atoms with E-state index >= 15 is 0 Å². The molecule has 1 aliphatic rings. The zero-order chi connectivity index (χ0) is 23.4. The van der Waals surface area contributed by atoms with Crippen LogP contribution < -0.4 is 5.32 Å². The van der Waals surface area contributed by atoms with Crippen molar-refractivity contribution >= 4 is 35.0 Å². The first-order chi connectivity index (χ1) is 15.2. The molecule has 0 aliphatic carbocycles. The van der Waals surface area contributed by atoms with Gasteiger partial charge in [0.1, 0.15) is 6.04 Å². The van der Waals surface area contributed by atoms with Crippen molar-refractivity contribution in [3.05, 3.63) is 64.7 Å². The topological polar surface area (TPSA) is 93.5 Å². The van der Waals surface area contributed by atoms with Crippen LogP contribution in [0.3, 0.4) is 0 Å². The molecule has 2 unspecified atom stereocenters. The molecule has 2 atom stereocenters. The van der Waals surface area contributed by atoms with Gasteiger partial charge in [0.15, 0.2) is 11.6 Å². The Morgan fingerprint density at radius 3 is 2.53 bits per heavy atom. The predicted octanol–water partition coefficient (Wildman–Crippen LogP) is 3.07. The minimum absolute atomic E-state index is 0.00168. The largest absolute Gasteiger partial charge is 0.332 e. The lowest BCUT2D eigenvalue weighted by atomic mass is 10.1. The molecule has 0 saturated carbocycles. The molecule has 0 bridgehead atoms. The van der Waals surface area contributed by atoms with E-state index < -0.39 is 52.5 Å². The number of hydrogen-bond acceptors (Lipinski definition) is 4. The summed E-state index contributed by atoms with van der Waals surface area (Å²) in [6, 6.07) is 12.0. The first kappa shape index (κ1) is 23.2. The van der Waals surface area contributed by atoms with Crippen molar-refractivity contribution in [2.24, 2.45) is 5.92 Å². The molecule has 3 rings (SSSR count). The molecule has 166 valence electrons. The summed E-state index contributed by atoms with van der Waals surface area (Å²) >= 11 is 5.50. The van der Waals surface area contributed by atoms with Gasteiger partial charge in [0.25, 0.3) is 5.91 Å². The maximum atomic E-state index is 14.1. The SMILES string of the molecule is CN(CC(=O)N1CC(C(=O)Nc2ccccc2)CC1C#N)C(=O)c1ccc(Cl)c(F)c1F. The zero-order valence-corrected chi connectivity index (χ0v) is 17.8. The van der Waals surface area contributed by atoms with E-state index in [4.69, 9.17) is 11.6 Å². The molecule has 1 saturated heterocycles. The van der Waals surface area contributed by atoms with Gasteiger partial charge in [0.2, 0.25) is 11.8 Å². The number of anilines is 1. The van der Waals surface area contributed by atoms with E-state index in [9.17, 15) is 28.4 Å². The summed E-state index contributed by atoms with van der Waals surface area (Å²) in [6.45, 7) is -0.477. The van der Waals surface area contributed by atoms with Crippen molar-refractivity contribution in [3.8, 4) is 6.07 Å². The number of likely N-dealkylation sites (N-methyl/N-ethyl adjacent to an activating group) is 1. The maximum absolute atomic E-state index is 14.1. The van der Waals surface area contributed by atoms with E-state index in [1.807, 2.05) is 6.07 Å². The Hall–Kier alpha value is -3.51. The molecule has 2 aromatic carbocycles. The van der Waals surface area contributed by atoms with Gasteiger partial charge in [-0.2, -0.15) is 5.26 Å². The smallest absolute Gasteiger partial charge is 0.257 e. The van der Waals surface area contributed by atoms with E-state index in [1.165, 1.54) is 11.9 Å². The van der Waals surface area contributed by atoms with Gasteiger partial charge in [-0.05, 0) is 30.7 Å². The van der Waals surface area contributed by atoms with Crippen LogP contribution >= 0.6 is 11.6 Å². The number of benzene rings is 2. The van der Waals surface area contributed by atoms with Crippen molar-refractivity contribution < 1.29 is 23.2 Å². The lowest BCUT2D eigenvalue weighted by Gasteiger charge is -2.24. The van der Waals surface area contributed by atoms with E-state index in [-0.39, 0.29) is 18.9 Å². The average Bonchev–Trinajstić information content (AvgIpc) is 3.23. The number of carbonyl (C=O) groups is 3. The minimum Gasteiger partial charge on any atom is -0.332 e. The second-order valence-electron chi connectivity index (χ2n) is 7.36. The molecule has 3 amide bonds. The fourth-order valence-electron chi connectivity index (χ4n) is 3.45. The fraction of sp³-hybridized carbons (Fsp3) is 0.273. The van der Waals surface area contributed by atoms with E-state index in [2.05, 4.69) is 5.32 Å². The molecule has 10 heteroatoms. The first-order valence-corrected chi connectivity index (χ1v) is 10.0. The Morgan fingerprint density at radius 1 is 1.19 bits per heavy atom. The molecule has 1 N–H and O–H groups in total. The van der Waals surface area contributed by atoms with E-state index in [0.29, 0.717) is 5.69 Å². The summed E-state index contributed by atoms with van der Waals surface area (Å²) < 4.78 is 27.7. The summed E-state index contributed by atoms with van der Waals surface area (Å²) in [4.78, 5) is 39.9. The number of rotatable bonds is 5. The highest BCUT2D eigenvalue weighted by molar-refractivity contribution is 6.30. The Balaban J connectivity index is 1.66. The van der Waals surface area contributed by atoms with Crippen molar-refractivity contribution in [3.63, 3.8) is 0 Å². The molecule has 32 heavy (non-hydrogen) atoms. The molecule has 1 aliphatic heterocycles. The molecule has 0 spiro atoms. The van der Waals surface area contributed by atoms with Crippen LogP contribution in [0.25, 0.3) is 0 Å². The molecule has 7 nitrogen and oxygen atoms in total. The Bertz CT molecular complexity index is 1090. The highest BCUT2D eigenvalue weighted by Gasteiger charge is 2.39.